The minimum atomic E-state index is -4.50. The van der Waals surface area contributed by atoms with Gasteiger partial charge in [0.15, 0.2) is 0 Å². The standard InChI is InChI=1S/C20H25F3N2O3/c1-12-4-6-13(7-5-12)17(14-3-2-10-28-11-14)25-19(27)15-8-9-16(20(21,22)23)24-18(15)26/h4-7,14-17H,2-3,8-11H2,1H3,(H,24,26)(H,25,27)/t14-,15?,16?,17?/m0/s1. The summed E-state index contributed by atoms with van der Waals surface area (Å²) in [6.45, 7) is 3.13. The molecule has 0 saturated carbocycles. The van der Waals surface area contributed by atoms with Crippen molar-refractivity contribution in [2.45, 2.75) is 50.9 Å². The number of halogens is 3. The van der Waals surface area contributed by atoms with Gasteiger partial charge in [-0.05, 0) is 38.2 Å². The van der Waals surface area contributed by atoms with Crippen LogP contribution in [0.25, 0.3) is 0 Å². The van der Waals surface area contributed by atoms with Crippen molar-refractivity contribution < 1.29 is 27.5 Å². The van der Waals surface area contributed by atoms with Gasteiger partial charge < -0.3 is 15.4 Å². The molecule has 28 heavy (non-hydrogen) atoms. The van der Waals surface area contributed by atoms with Crippen molar-refractivity contribution in [1.82, 2.24) is 10.6 Å². The minimum Gasteiger partial charge on any atom is -0.381 e. The van der Waals surface area contributed by atoms with E-state index in [1.165, 1.54) is 0 Å². The first kappa shape index (κ1) is 20.6. The van der Waals surface area contributed by atoms with Gasteiger partial charge in [0, 0.05) is 12.5 Å². The van der Waals surface area contributed by atoms with Crippen LogP contribution in [0.15, 0.2) is 24.3 Å². The first-order chi connectivity index (χ1) is 13.3. The summed E-state index contributed by atoms with van der Waals surface area (Å²) in [6, 6.07) is 5.51. The van der Waals surface area contributed by atoms with Gasteiger partial charge in [-0.2, -0.15) is 13.2 Å². The average Bonchev–Trinajstić information content (AvgIpc) is 2.66. The number of benzene rings is 1. The lowest BCUT2D eigenvalue weighted by Gasteiger charge is -2.34. The Labute approximate surface area is 162 Å². The summed E-state index contributed by atoms with van der Waals surface area (Å²) >= 11 is 0. The van der Waals surface area contributed by atoms with E-state index in [9.17, 15) is 22.8 Å². The van der Waals surface area contributed by atoms with E-state index in [1.54, 1.807) is 0 Å². The summed E-state index contributed by atoms with van der Waals surface area (Å²) in [4.78, 5) is 24.9. The number of carbonyl (C=O) groups excluding carboxylic acids is 2. The summed E-state index contributed by atoms with van der Waals surface area (Å²) in [5, 5.41) is 4.85. The summed E-state index contributed by atoms with van der Waals surface area (Å²) < 4.78 is 44.0. The van der Waals surface area contributed by atoms with E-state index >= 15 is 0 Å². The Hall–Kier alpha value is -2.09. The highest BCUT2D eigenvalue weighted by molar-refractivity contribution is 6.01. The van der Waals surface area contributed by atoms with Crippen LogP contribution in [0.4, 0.5) is 13.2 Å². The van der Waals surface area contributed by atoms with Crippen molar-refractivity contribution in [2.24, 2.45) is 11.8 Å². The van der Waals surface area contributed by atoms with Gasteiger partial charge in [-0.25, -0.2) is 0 Å². The monoisotopic (exact) mass is 398 g/mol. The van der Waals surface area contributed by atoms with Gasteiger partial charge in [-0.15, -0.1) is 0 Å². The van der Waals surface area contributed by atoms with Crippen LogP contribution in [0.2, 0.25) is 0 Å². The van der Waals surface area contributed by atoms with Crippen LogP contribution in [-0.2, 0) is 14.3 Å². The van der Waals surface area contributed by atoms with Crippen LogP contribution < -0.4 is 10.6 Å². The first-order valence-electron chi connectivity index (χ1n) is 9.57. The molecule has 3 rings (SSSR count). The third-order valence-electron chi connectivity index (χ3n) is 5.49. The van der Waals surface area contributed by atoms with Gasteiger partial charge >= 0.3 is 6.18 Å². The molecular formula is C20H25F3N2O3. The molecule has 0 radical (unpaired) electrons. The highest BCUT2D eigenvalue weighted by Crippen LogP contribution is 2.32. The molecule has 2 saturated heterocycles. The molecule has 1 aromatic rings. The lowest BCUT2D eigenvalue weighted by atomic mass is 9.87. The van der Waals surface area contributed by atoms with Gasteiger partial charge in [0.05, 0.1) is 12.6 Å². The number of piperidine rings is 1. The maximum atomic E-state index is 12.8. The zero-order valence-corrected chi connectivity index (χ0v) is 15.7. The number of carbonyl (C=O) groups is 2. The Balaban J connectivity index is 1.72. The Morgan fingerprint density at radius 3 is 2.50 bits per heavy atom. The van der Waals surface area contributed by atoms with Crippen LogP contribution in [0.5, 0.6) is 0 Å². The van der Waals surface area contributed by atoms with E-state index < -0.39 is 30.0 Å². The molecule has 154 valence electrons. The first-order valence-corrected chi connectivity index (χ1v) is 9.57. The molecule has 4 atom stereocenters. The molecule has 2 aliphatic rings. The van der Waals surface area contributed by atoms with Gasteiger partial charge in [-0.1, -0.05) is 29.8 Å². The van der Waals surface area contributed by atoms with Gasteiger partial charge in [-0.3, -0.25) is 9.59 Å². The summed E-state index contributed by atoms with van der Waals surface area (Å²) in [5.41, 5.74) is 1.98. The van der Waals surface area contributed by atoms with E-state index in [1.807, 2.05) is 36.5 Å². The van der Waals surface area contributed by atoms with Crippen molar-refractivity contribution in [3.8, 4) is 0 Å². The smallest absolute Gasteiger partial charge is 0.381 e. The van der Waals surface area contributed by atoms with Crippen molar-refractivity contribution in [3.63, 3.8) is 0 Å². The predicted octanol–water partition coefficient (Wildman–Crippen LogP) is 3.04. The molecular weight excluding hydrogens is 373 g/mol. The van der Waals surface area contributed by atoms with Gasteiger partial charge in [0.1, 0.15) is 12.0 Å². The highest BCUT2D eigenvalue weighted by Gasteiger charge is 2.46. The van der Waals surface area contributed by atoms with Crippen LogP contribution >= 0.6 is 0 Å². The number of ether oxygens (including phenoxy) is 1. The van der Waals surface area contributed by atoms with E-state index in [-0.39, 0.29) is 24.8 Å². The molecule has 2 aliphatic heterocycles. The third-order valence-corrected chi connectivity index (χ3v) is 5.49. The number of alkyl halides is 3. The van der Waals surface area contributed by atoms with E-state index in [4.69, 9.17) is 4.74 Å². The van der Waals surface area contributed by atoms with Crippen molar-refractivity contribution in [3.05, 3.63) is 35.4 Å². The van der Waals surface area contributed by atoms with Crippen LogP contribution in [0, 0.1) is 18.8 Å². The second-order valence-corrected chi connectivity index (χ2v) is 7.61. The SMILES string of the molecule is Cc1ccc(C(NC(=O)C2CCC(C(F)(F)F)NC2=O)[C@H]2CCCOC2)cc1. The van der Waals surface area contributed by atoms with Gasteiger partial charge in [0.25, 0.3) is 0 Å². The van der Waals surface area contributed by atoms with Crippen molar-refractivity contribution in [1.29, 1.82) is 0 Å². The third kappa shape index (κ3) is 4.84. The molecule has 0 aliphatic carbocycles. The zero-order chi connectivity index (χ0) is 20.3. The van der Waals surface area contributed by atoms with Crippen molar-refractivity contribution >= 4 is 11.8 Å². The maximum Gasteiger partial charge on any atom is 0.408 e. The predicted molar refractivity (Wildman–Crippen MR) is 96.3 cm³/mol. The Morgan fingerprint density at radius 1 is 1.21 bits per heavy atom. The Morgan fingerprint density at radius 2 is 1.93 bits per heavy atom. The molecule has 5 nitrogen and oxygen atoms in total. The number of hydrogen-bond acceptors (Lipinski definition) is 3. The normalized spacial score (nSPS) is 27.0. The van der Waals surface area contributed by atoms with E-state index in [0.29, 0.717) is 13.2 Å². The van der Waals surface area contributed by atoms with E-state index in [0.717, 1.165) is 24.0 Å². The van der Waals surface area contributed by atoms with Crippen LogP contribution in [0.1, 0.15) is 42.9 Å². The van der Waals surface area contributed by atoms with Gasteiger partial charge in [0.2, 0.25) is 11.8 Å². The topological polar surface area (TPSA) is 67.4 Å². The average molecular weight is 398 g/mol. The summed E-state index contributed by atoms with van der Waals surface area (Å²) in [6.07, 6.45) is -3.18. The zero-order valence-electron chi connectivity index (χ0n) is 15.7. The Kier molecular flexibility index (Phi) is 6.27. The fraction of sp³-hybridized carbons (Fsp3) is 0.600. The fourth-order valence-electron chi connectivity index (χ4n) is 3.83. The number of aryl methyl sites for hydroxylation is 1. The molecule has 0 spiro atoms. The summed E-state index contributed by atoms with van der Waals surface area (Å²) in [7, 11) is 0. The highest BCUT2D eigenvalue weighted by atomic mass is 19.4. The number of hydrogen-bond donors (Lipinski definition) is 2. The molecule has 2 N–H and O–H groups in total. The largest absolute Gasteiger partial charge is 0.408 e. The molecule has 1 aromatic carbocycles. The van der Waals surface area contributed by atoms with Crippen LogP contribution in [0.3, 0.4) is 0 Å². The molecule has 0 bridgehead atoms. The quantitative estimate of drug-likeness (QED) is 0.767. The molecule has 2 heterocycles. The second kappa shape index (κ2) is 8.51. The summed E-state index contributed by atoms with van der Waals surface area (Å²) in [5.74, 6) is -2.46. The second-order valence-electron chi connectivity index (χ2n) is 7.61. The minimum absolute atomic E-state index is 0.0509. The maximum absolute atomic E-state index is 12.8. The molecule has 2 fully saturated rings. The number of nitrogens with one attached hydrogen (secondary N) is 2. The fourth-order valence-corrected chi connectivity index (χ4v) is 3.83. The molecule has 0 aromatic heterocycles. The lowest BCUT2D eigenvalue weighted by molar-refractivity contribution is -0.171. The Bertz CT molecular complexity index is 700. The van der Waals surface area contributed by atoms with E-state index in [2.05, 4.69) is 5.32 Å². The molecule has 8 heteroatoms. The number of rotatable bonds is 4. The number of amides is 2. The van der Waals surface area contributed by atoms with Crippen LogP contribution in [-0.4, -0.2) is 37.2 Å². The lowest BCUT2D eigenvalue weighted by Crippen LogP contribution is -2.55. The molecule has 2 amide bonds. The van der Waals surface area contributed by atoms with Crippen molar-refractivity contribution in [2.75, 3.05) is 13.2 Å². The molecule has 3 unspecified atom stereocenters.